The highest BCUT2D eigenvalue weighted by Crippen LogP contribution is 2.21. The summed E-state index contributed by atoms with van der Waals surface area (Å²) in [5.74, 6) is -3.75. The molecule has 1 fully saturated rings. The van der Waals surface area contributed by atoms with Crippen molar-refractivity contribution in [1.29, 1.82) is 0 Å². The number of guanidine groups is 1. The Labute approximate surface area is 200 Å². The summed E-state index contributed by atoms with van der Waals surface area (Å²) in [7, 11) is 0. The first-order valence-electron chi connectivity index (χ1n) is 11.1. The summed E-state index contributed by atoms with van der Waals surface area (Å²) in [6, 6.07) is 4.89. The third kappa shape index (κ3) is 8.58. The number of carbonyl (C=O) groups excluding carboxylic acids is 4. The Bertz CT molecular complexity index is 922. The number of carbonyl (C=O) groups is 4. The Morgan fingerprint density at radius 2 is 1.86 bits per heavy atom. The van der Waals surface area contributed by atoms with Crippen molar-refractivity contribution in [2.45, 2.75) is 56.4 Å². The van der Waals surface area contributed by atoms with Crippen LogP contribution in [0.1, 0.15) is 31.2 Å². The number of aliphatic imine (C=N–C) groups is 1. The largest absolute Gasteiger partial charge is 0.471 e. The number of halogens is 3. The second-order valence-electron chi connectivity index (χ2n) is 8.10. The number of hydrogen-bond donors (Lipinski definition) is 4. The number of nitrogens with zero attached hydrogens (tertiary/aromatic N) is 2. The average Bonchev–Trinajstić information content (AvgIpc) is 3.30. The molecule has 1 aliphatic heterocycles. The van der Waals surface area contributed by atoms with E-state index in [1.165, 1.54) is 0 Å². The van der Waals surface area contributed by atoms with Gasteiger partial charge in [-0.15, -0.1) is 0 Å². The van der Waals surface area contributed by atoms with Crippen molar-refractivity contribution in [3.8, 4) is 0 Å². The van der Waals surface area contributed by atoms with E-state index in [0.29, 0.717) is 24.7 Å². The van der Waals surface area contributed by atoms with Crippen LogP contribution in [0.5, 0.6) is 0 Å². The molecule has 1 aromatic rings. The number of likely N-dealkylation sites (tertiary alicyclic amines) is 1. The first-order valence-corrected chi connectivity index (χ1v) is 11.1. The van der Waals surface area contributed by atoms with E-state index < -0.39 is 42.0 Å². The van der Waals surface area contributed by atoms with Crippen LogP contribution in [0.4, 0.5) is 13.2 Å². The normalized spacial score (nSPS) is 17.2. The third-order valence-corrected chi connectivity index (χ3v) is 5.44. The molecular formula is C22H29F3N6O4. The molecule has 6 N–H and O–H groups in total. The molecule has 0 aliphatic carbocycles. The van der Waals surface area contributed by atoms with E-state index in [2.05, 4.69) is 10.3 Å². The highest BCUT2D eigenvalue weighted by atomic mass is 19.4. The van der Waals surface area contributed by atoms with Gasteiger partial charge in [0.15, 0.2) is 5.96 Å². The summed E-state index contributed by atoms with van der Waals surface area (Å²) in [4.78, 5) is 54.0. The van der Waals surface area contributed by atoms with E-state index in [1.54, 1.807) is 35.6 Å². The maximum atomic E-state index is 13.2. The van der Waals surface area contributed by atoms with Crippen molar-refractivity contribution in [2.75, 3.05) is 13.1 Å². The number of aldehydes is 1. The summed E-state index contributed by atoms with van der Waals surface area (Å²) in [6.07, 6.45) is -3.44. The van der Waals surface area contributed by atoms with Gasteiger partial charge in [0.2, 0.25) is 11.8 Å². The van der Waals surface area contributed by atoms with Gasteiger partial charge in [-0.2, -0.15) is 13.2 Å². The minimum absolute atomic E-state index is 0.0977. The van der Waals surface area contributed by atoms with Gasteiger partial charge in [0.1, 0.15) is 18.4 Å². The van der Waals surface area contributed by atoms with Crippen molar-refractivity contribution in [2.24, 2.45) is 16.5 Å². The first-order chi connectivity index (χ1) is 16.5. The number of hydrogen-bond acceptors (Lipinski definition) is 5. The number of benzene rings is 1. The fourth-order valence-electron chi connectivity index (χ4n) is 3.77. The lowest BCUT2D eigenvalue weighted by Crippen LogP contribution is -2.56. The van der Waals surface area contributed by atoms with Gasteiger partial charge in [-0.05, 0) is 31.2 Å². The van der Waals surface area contributed by atoms with Crippen molar-refractivity contribution in [1.82, 2.24) is 15.5 Å². The molecular weight excluding hydrogens is 469 g/mol. The van der Waals surface area contributed by atoms with Crippen LogP contribution < -0.4 is 22.1 Å². The molecule has 0 saturated carbocycles. The molecule has 0 bridgehead atoms. The van der Waals surface area contributed by atoms with Crippen molar-refractivity contribution in [3.63, 3.8) is 0 Å². The van der Waals surface area contributed by atoms with Crippen molar-refractivity contribution >= 4 is 30.0 Å². The van der Waals surface area contributed by atoms with E-state index in [1.807, 2.05) is 0 Å². The summed E-state index contributed by atoms with van der Waals surface area (Å²) in [6.45, 7) is 0.386. The van der Waals surface area contributed by atoms with E-state index in [9.17, 15) is 32.3 Å². The van der Waals surface area contributed by atoms with Crippen LogP contribution in [0.2, 0.25) is 0 Å². The summed E-state index contributed by atoms with van der Waals surface area (Å²) < 4.78 is 38.7. The Morgan fingerprint density at radius 1 is 1.17 bits per heavy atom. The van der Waals surface area contributed by atoms with Gasteiger partial charge in [-0.25, -0.2) is 0 Å². The number of amides is 3. The predicted octanol–water partition coefficient (Wildman–Crippen LogP) is 0.00450. The molecule has 0 unspecified atom stereocenters. The highest BCUT2D eigenvalue weighted by molar-refractivity contribution is 5.94. The standard InChI is InChI=1S/C22H29F3N6O4/c23-22(24,25)20(35)30-16(12-14-6-2-1-3-7-14)19(34)31-11-5-9-17(31)18(33)29-15(13-32)8-4-10-28-21(26)27/h1-3,6-7,13,15-17H,4-5,8-12H2,(H,29,33)(H,30,35)(H4,26,27,28)/t15-,16+,17-/m0/s1. The van der Waals surface area contributed by atoms with Gasteiger partial charge in [-0.3, -0.25) is 19.4 Å². The highest BCUT2D eigenvalue weighted by Gasteiger charge is 2.43. The first kappa shape index (κ1) is 27.6. The van der Waals surface area contributed by atoms with Crippen LogP contribution in [0, 0.1) is 0 Å². The quantitative estimate of drug-likeness (QED) is 0.145. The molecule has 0 spiro atoms. The van der Waals surface area contributed by atoms with Gasteiger partial charge in [0.25, 0.3) is 0 Å². The fourth-order valence-corrected chi connectivity index (χ4v) is 3.77. The van der Waals surface area contributed by atoms with Gasteiger partial charge in [-0.1, -0.05) is 30.3 Å². The Kier molecular flexibility index (Phi) is 10.0. The zero-order valence-electron chi connectivity index (χ0n) is 19.0. The predicted molar refractivity (Wildman–Crippen MR) is 121 cm³/mol. The van der Waals surface area contributed by atoms with E-state index in [-0.39, 0.29) is 38.3 Å². The number of nitrogens with one attached hydrogen (secondary N) is 2. The van der Waals surface area contributed by atoms with E-state index in [4.69, 9.17) is 11.5 Å². The molecule has 3 amide bonds. The molecule has 1 aromatic carbocycles. The second kappa shape index (κ2) is 12.7. The third-order valence-electron chi connectivity index (χ3n) is 5.44. The van der Waals surface area contributed by atoms with Gasteiger partial charge >= 0.3 is 12.1 Å². The molecule has 1 aliphatic rings. The van der Waals surface area contributed by atoms with Crippen LogP contribution in [0.15, 0.2) is 35.3 Å². The van der Waals surface area contributed by atoms with Crippen LogP contribution in [0.3, 0.4) is 0 Å². The smallest absolute Gasteiger partial charge is 0.370 e. The Morgan fingerprint density at radius 3 is 2.46 bits per heavy atom. The fraction of sp³-hybridized carbons (Fsp3) is 0.500. The lowest BCUT2D eigenvalue weighted by molar-refractivity contribution is -0.175. The molecule has 1 heterocycles. The molecule has 2 rings (SSSR count). The number of alkyl halides is 3. The van der Waals surface area contributed by atoms with Crippen LogP contribution in [-0.2, 0) is 25.6 Å². The van der Waals surface area contributed by atoms with Crippen LogP contribution in [0.25, 0.3) is 0 Å². The number of rotatable bonds is 11. The maximum absolute atomic E-state index is 13.2. The molecule has 3 atom stereocenters. The summed E-state index contributed by atoms with van der Waals surface area (Å²) in [5, 5.41) is 4.32. The monoisotopic (exact) mass is 498 g/mol. The summed E-state index contributed by atoms with van der Waals surface area (Å²) in [5.41, 5.74) is 11.0. The van der Waals surface area contributed by atoms with Gasteiger partial charge in [0, 0.05) is 19.5 Å². The van der Waals surface area contributed by atoms with E-state index in [0.717, 1.165) is 4.90 Å². The lowest BCUT2D eigenvalue weighted by atomic mass is 10.0. The zero-order chi connectivity index (χ0) is 26.0. The molecule has 0 aromatic heterocycles. The molecule has 13 heteroatoms. The topological polar surface area (TPSA) is 160 Å². The minimum atomic E-state index is -5.17. The molecule has 1 saturated heterocycles. The van der Waals surface area contributed by atoms with Crippen molar-refractivity contribution < 1.29 is 32.3 Å². The molecule has 192 valence electrons. The average molecular weight is 499 g/mol. The maximum Gasteiger partial charge on any atom is 0.471 e. The SMILES string of the molecule is NC(N)=NCCC[C@@H](C=O)NC(=O)[C@@H]1CCCN1C(=O)[C@@H](Cc1ccccc1)NC(=O)C(F)(F)F. The number of nitrogens with two attached hydrogens (primary N) is 2. The Balaban J connectivity index is 2.11. The van der Waals surface area contributed by atoms with Crippen LogP contribution >= 0.6 is 0 Å². The van der Waals surface area contributed by atoms with Gasteiger partial charge < -0.3 is 31.8 Å². The minimum Gasteiger partial charge on any atom is -0.370 e. The summed E-state index contributed by atoms with van der Waals surface area (Å²) >= 11 is 0. The second-order valence-corrected chi connectivity index (χ2v) is 8.10. The molecule has 35 heavy (non-hydrogen) atoms. The molecule has 0 radical (unpaired) electrons. The van der Waals surface area contributed by atoms with Crippen LogP contribution in [-0.4, -0.2) is 72.3 Å². The van der Waals surface area contributed by atoms with Gasteiger partial charge in [0.05, 0.1) is 6.04 Å². The zero-order valence-corrected chi connectivity index (χ0v) is 19.0. The Hall–Kier alpha value is -3.64. The van der Waals surface area contributed by atoms with E-state index >= 15 is 0 Å². The lowest BCUT2D eigenvalue weighted by Gasteiger charge is -2.29. The molecule has 10 nitrogen and oxygen atoms in total. The van der Waals surface area contributed by atoms with Crippen molar-refractivity contribution in [3.05, 3.63) is 35.9 Å².